The minimum atomic E-state index is 0.949. The van der Waals surface area contributed by atoms with Crippen LogP contribution in [0.1, 0.15) is 64.7 Å². The average molecular weight is 195 g/mol. The Balaban J connectivity index is 2.92. The second-order valence-electron chi connectivity index (χ2n) is 3.65. The summed E-state index contributed by atoms with van der Waals surface area (Å²) in [5, 5.41) is 0. The van der Waals surface area contributed by atoms with Gasteiger partial charge in [-0.3, -0.25) is 0 Å². The maximum absolute atomic E-state index is 4.40. The first-order chi connectivity index (χ1) is 6.91. The summed E-state index contributed by atoms with van der Waals surface area (Å²) in [7, 11) is 3.19. The van der Waals surface area contributed by atoms with E-state index in [4.69, 9.17) is 0 Å². The van der Waals surface area contributed by atoms with E-state index in [0.717, 1.165) is 6.42 Å². The predicted molar refractivity (Wildman–Crippen MR) is 61.4 cm³/mol. The first kappa shape index (κ1) is 13.4. The molecule has 0 spiro atoms. The minimum Gasteiger partial charge on any atom is -0.443 e. The summed E-state index contributed by atoms with van der Waals surface area (Å²) < 4.78 is 4.40. The Kier molecular flexibility index (Phi) is 11.8. The Morgan fingerprint density at radius 2 is 1.50 bits per heavy atom. The topological polar surface area (TPSA) is 9.23 Å². The average Bonchev–Trinajstić information content (AvgIpc) is 2.21. The zero-order chi connectivity index (χ0) is 10.5. The molecule has 0 aliphatic rings. The van der Waals surface area contributed by atoms with Gasteiger partial charge >= 0.3 is 0 Å². The maximum atomic E-state index is 4.40. The number of ether oxygens (including phenoxy) is 1. The number of rotatable bonds is 8. The molecule has 0 fully saturated rings. The van der Waals surface area contributed by atoms with Crippen LogP contribution in [0.4, 0.5) is 0 Å². The van der Waals surface area contributed by atoms with Crippen molar-refractivity contribution in [2.45, 2.75) is 64.7 Å². The summed E-state index contributed by atoms with van der Waals surface area (Å²) in [5.41, 5.74) is 0. The van der Waals surface area contributed by atoms with E-state index in [1.165, 1.54) is 51.4 Å². The van der Waals surface area contributed by atoms with Crippen LogP contribution in [0.3, 0.4) is 0 Å². The normalized spacial score (nSPS) is 9.29. The van der Waals surface area contributed by atoms with E-state index in [1.54, 1.807) is 0 Å². The summed E-state index contributed by atoms with van der Waals surface area (Å²) in [5.74, 6) is 2.91. The maximum Gasteiger partial charge on any atom is 0.135 e. The SMILES string of the molecule is [CH2]OC#CCCCCCCCCCC. The van der Waals surface area contributed by atoms with Crippen molar-refractivity contribution in [2.24, 2.45) is 0 Å². The van der Waals surface area contributed by atoms with E-state index < -0.39 is 0 Å². The summed E-state index contributed by atoms with van der Waals surface area (Å²) in [6.07, 6.45) is 14.2. The van der Waals surface area contributed by atoms with Gasteiger partial charge in [-0.2, -0.15) is 0 Å². The van der Waals surface area contributed by atoms with Crippen LogP contribution in [0.2, 0.25) is 0 Å². The third-order valence-corrected chi connectivity index (χ3v) is 2.30. The highest BCUT2D eigenvalue weighted by Gasteiger charge is 1.89. The van der Waals surface area contributed by atoms with Crippen molar-refractivity contribution >= 4 is 0 Å². The van der Waals surface area contributed by atoms with Gasteiger partial charge in [-0.05, 0) is 6.42 Å². The first-order valence-corrected chi connectivity index (χ1v) is 5.80. The van der Waals surface area contributed by atoms with Crippen LogP contribution < -0.4 is 0 Å². The summed E-state index contributed by atoms with van der Waals surface area (Å²) in [4.78, 5) is 0. The zero-order valence-corrected chi connectivity index (χ0v) is 9.48. The summed E-state index contributed by atoms with van der Waals surface area (Å²) in [6.45, 7) is 2.25. The van der Waals surface area contributed by atoms with E-state index in [2.05, 4.69) is 30.8 Å². The predicted octanol–water partition coefficient (Wildman–Crippen LogP) is 4.29. The Labute approximate surface area is 89.2 Å². The van der Waals surface area contributed by atoms with Crippen molar-refractivity contribution in [1.82, 2.24) is 0 Å². The van der Waals surface area contributed by atoms with Gasteiger partial charge in [-0.15, -0.1) is 0 Å². The second kappa shape index (κ2) is 12.4. The largest absolute Gasteiger partial charge is 0.443 e. The zero-order valence-electron chi connectivity index (χ0n) is 9.48. The molecule has 0 saturated heterocycles. The molecule has 0 bridgehead atoms. The van der Waals surface area contributed by atoms with Crippen LogP contribution in [-0.2, 0) is 4.74 Å². The van der Waals surface area contributed by atoms with Crippen LogP contribution >= 0.6 is 0 Å². The molecule has 0 atom stereocenters. The van der Waals surface area contributed by atoms with Gasteiger partial charge in [0.25, 0.3) is 0 Å². The van der Waals surface area contributed by atoms with Crippen LogP contribution in [0.15, 0.2) is 0 Å². The highest BCUT2D eigenvalue weighted by atomic mass is 16.5. The molecule has 0 N–H and O–H groups in total. The van der Waals surface area contributed by atoms with Gasteiger partial charge in [0.2, 0.25) is 0 Å². The van der Waals surface area contributed by atoms with Gasteiger partial charge in [0, 0.05) is 6.42 Å². The molecule has 1 nitrogen and oxygen atoms in total. The Morgan fingerprint density at radius 3 is 2.07 bits per heavy atom. The molecule has 0 aromatic carbocycles. The molecule has 1 radical (unpaired) electrons. The van der Waals surface area contributed by atoms with Gasteiger partial charge in [0.05, 0.1) is 0 Å². The summed E-state index contributed by atoms with van der Waals surface area (Å²) >= 11 is 0. The van der Waals surface area contributed by atoms with Gasteiger partial charge in [-0.25, -0.2) is 0 Å². The monoisotopic (exact) mass is 195 g/mol. The van der Waals surface area contributed by atoms with Crippen molar-refractivity contribution in [3.63, 3.8) is 0 Å². The minimum absolute atomic E-state index is 0.949. The number of hydrogen-bond donors (Lipinski definition) is 0. The lowest BCUT2D eigenvalue weighted by atomic mass is 10.1. The van der Waals surface area contributed by atoms with E-state index in [1.807, 2.05) is 0 Å². The third kappa shape index (κ3) is 11.4. The van der Waals surface area contributed by atoms with Crippen LogP contribution in [0, 0.1) is 19.1 Å². The summed E-state index contributed by atoms with van der Waals surface area (Å²) in [6, 6.07) is 0. The van der Waals surface area contributed by atoms with Crippen LogP contribution in [0.25, 0.3) is 0 Å². The van der Waals surface area contributed by atoms with Crippen LogP contribution in [-0.4, -0.2) is 0 Å². The molecule has 0 amide bonds. The fraction of sp³-hybridized carbons (Fsp3) is 0.769. The molecule has 0 heterocycles. The van der Waals surface area contributed by atoms with Crippen molar-refractivity contribution in [1.29, 1.82) is 0 Å². The van der Waals surface area contributed by atoms with E-state index in [-0.39, 0.29) is 0 Å². The van der Waals surface area contributed by atoms with E-state index >= 15 is 0 Å². The Morgan fingerprint density at radius 1 is 0.929 bits per heavy atom. The highest BCUT2D eigenvalue weighted by Crippen LogP contribution is 2.08. The smallest absolute Gasteiger partial charge is 0.135 e. The molecule has 0 aliphatic carbocycles. The third-order valence-electron chi connectivity index (χ3n) is 2.30. The fourth-order valence-electron chi connectivity index (χ4n) is 1.45. The molecule has 0 aromatic rings. The fourth-order valence-corrected chi connectivity index (χ4v) is 1.45. The van der Waals surface area contributed by atoms with Gasteiger partial charge < -0.3 is 4.74 Å². The van der Waals surface area contributed by atoms with Crippen molar-refractivity contribution < 1.29 is 4.74 Å². The molecule has 0 aliphatic heterocycles. The quantitative estimate of drug-likeness (QED) is 0.415. The first-order valence-electron chi connectivity index (χ1n) is 5.80. The Bertz CT molecular complexity index is 152. The molecule has 0 saturated carbocycles. The van der Waals surface area contributed by atoms with Crippen molar-refractivity contribution in [2.75, 3.05) is 0 Å². The lowest BCUT2D eigenvalue weighted by Crippen LogP contribution is -1.80. The molecular formula is C13H23O. The van der Waals surface area contributed by atoms with Crippen molar-refractivity contribution in [3.05, 3.63) is 7.11 Å². The highest BCUT2D eigenvalue weighted by molar-refractivity contribution is 4.90. The standard InChI is InChI=1S/C13H23O/c1-3-4-5-6-7-8-9-10-11-12-13-14-2/h2-11H2,1H3. The molecule has 14 heavy (non-hydrogen) atoms. The van der Waals surface area contributed by atoms with Crippen LogP contribution in [0.5, 0.6) is 0 Å². The number of unbranched alkanes of at least 4 members (excludes halogenated alkanes) is 8. The lowest BCUT2D eigenvalue weighted by molar-refractivity contribution is 0.430. The van der Waals surface area contributed by atoms with Crippen molar-refractivity contribution in [3.8, 4) is 12.0 Å². The second-order valence-corrected chi connectivity index (χ2v) is 3.65. The molecule has 0 rings (SSSR count). The molecule has 1 heteroatoms. The molecule has 81 valence electrons. The van der Waals surface area contributed by atoms with Gasteiger partial charge in [0.1, 0.15) is 13.2 Å². The van der Waals surface area contributed by atoms with E-state index in [9.17, 15) is 0 Å². The molecule has 0 unspecified atom stereocenters. The molecular weight excluding hydrogens is 172 g/mol. The van der Waals surface area contributed by atoms with Gasteiger partial charge in [0.15, 0.2) is 0 Å². The van der Waals surface area contributed by atoms with Gasteiger partial charge in [-0.1, -0.05) is 57.8 Å². The lowest BCUT2D eigenvalue weighted by Gasteiger charge is -1.98. The Hall–Kier alpha value is -0.640. The number of hydrogen-bond acceptors (Lipinski definition) is 1. The van der Waals surface area contributed by atoms with E-state index in [0.29, 0.717) is 0 Å². The molecule has 0 aromatic heterocycles.